The summed E-state index contributed by atoms with van der Waals surface area (Å²) in [5, 5.41) is 8.87. The molecule has 1 aromatic heterocycles. The average molecular weight is 222 g/mol. The van der Waals surface area contributed by atoms with E-state index in [1.165, 1.54) is 0 Å². The molecule has 0 unspecified atom stereocenters. The lowest BCUT2D eigenvalue weighted by atomic mass is 10.2. The fraction of sp³-hybridized carbons (Fsp3) is 0.500. The van der Waals surface area contributed by atoms with Gasteiger partial charge in [-0.05, 0) is 18.1 Å². The van der Waals surface area contributed by atoms with Gasteiger partial charge in [-0.25, -0.2) is 0 Å². The Morgan fingerprint density at radius 2 is 2.31 bits per heavy atom. The summed E-state index contributed by atoms with van der Waals surface area (Å²) in [4.78, 5) is 17.5. The molecule has 1 rings (SSSR count). The number of aliphatic hydroxyl groups excluding tert-OH is 1. The smallest absolute Gasteiger partial charge is 0.227 e. The second-order valence-corrected chi connectivity index (χ2v) is 3.64. The van der Waals surface area contributed by atoms with Gasteiger partial charge in [0.2, 0.25) is 5.91 Å². The molecule has 0 aliphatic rings. The predicted molar refractivity (Wildman–Crippen MR) is 61.9 cm³/mol. The lowest BCUT2D eigenvalue weighted by molar-refractivity contribution is -0.131. The van der Waals surface area contributed by atoms with Crippen LogP contribution in [-0.4, -0.2) is 40.6 Å². The first-order valence-corrected chi connectivity index (χ1v) is 5.55. The number of hydrogen-bond acceptors (Lipinski definition) is 3. The normalized spacial score (nSPS) is 10.1. The minimum Gasteiger partial charge on any atom is -0.395 e. The number of rotatable bonds is 6. The topological polar surface area (TPSA) is 53.4 Å². The van der Waals surface area contributed by atoms with Gasteiger partial charge in [0.05, 0.1) is 13.0 Å². The van der Waals surface area contributed by atoms with Crippen molar-refractivity contribution in [1.29, 1.82) is 0 Å². The van der Waals surface area contributed by atoms with Crippen LogP contribution < -0.4 is 0 Å². The van der Waals surface area contributed by atoms with Crippen molar-refractivity contribution in [2.24, 2.45) is 0 Å². The first kappa shape index (κ1) is 12.6. The van der Waals surface area contributed by atoms with Gasteiger partial charge >= 0.3 is 0 Å². The first-order chi connectivity index (χ1) is 7.77. The van der Waals surface area contributed by atoms with Gasteiger partial charge in [-0.15, -0.1) is 0 Å². The zero-order valence-corrected chi connectivity index (χ0v) is 9.59. The molecule has 0 aromatic carbocycles. The van der Waals surface area contributed by atoms with E-state index in [1.54, 1.807) is 17.3 Å². The van der Waals surface area contributed by atoms with Crippen LogP contribution >= 0.6 is 0 Å². The minimum atomic E-state index is 0.0127. The molecule has 0 atom stereocenters. The summed E-state index contributed by atoms with van der Waals surface area (Å²) in [5.41, 5.74) is 0.909. The lowest BCUT2D eigenvalue weighted by Gasteiger charge is -2.20. The van der Waals surface area contributed by atoms with E-state index in [2.05, 4.69) is 4.98 Å². The standard InChI is InChI=1S/C12H18N2O2/c1-2-6-14(7-8-15)12(16)9-11-4-3-5-13-10-11/h3-5,10,15H,2,6-9H2,1H3. The Bertz CT molecular complexity index is 308. The molecular weight excluding hydrogens is 204 g/mol. The largest absolute Gasteiger partial charge is 0.395 e. The Balaban J connectivity index is 2.55. The molecule has 1 heterocycles. The molecule has 88 valence electrons. The highest BCUT2D eigenvalue weighted by atomic mass is 16.3. The van der Waals surface area contributed by atoms with Crippen molar-refractivity contribution in [2.45, 2.75) is 19.8 Å². The molecule has 16 heavy (non-hydrogen) atoms. The number of nitrogens with zero attached hydrogens (tertiary/aromatic N) is 2. The van der Waals surface area contributed by atoms with Gasteiger partial charge < -0.3 is 10.0 Å². The van der Waals surface area contributed by atoms with Crippen LogP contribution in [0.15, 0.2) is 24.5 Å². The summed E-state index contributed by atoms with van der Waals surface area (Å²) in [6.07, 6.45) is 4.64. The van der Waals surface area contributed by atoms with Crippen LogP contribution in [0.3, 0.4) is 0 Å². The molecule has 4 nitrogen and oxygen atoms in total. The molecule has 1 N–H and O–H groups in total. The molecule has 0 fully saturated rings. The van der Waals surface area contributed by atoms with Crippen LogP contribution in [0.5, 0.6) is 0 Å². The van der Waals surface area contributed by atoms with Crippen molar-refractivity contribution in [3.8, 4) is 0 Å². The van der Waals surface area contributed by atoms with Crippen molar-refractivity contribution in [2.75, 3.05) is 19.7 Å². The van der Waals surface area contributed by atoms with E-state index in [-0.39, 0.29) is 12.5 Å². The van der Waals surface area contributed by atoms with Crippen molar-refractivity contribution >= 4 is 5.91 Å². The molecule has 0 saturated heterocycles. The number of aliphatic hydroxyl groups is 1. The summed E-state index contributed by atoms with van der Waals surface area (Å²) >= 11 is 0. The number of aromatic nitrogens is 1. The van der Waals surface area contributed by atoms with Gasteiger partial charge in [0.25, 0.3) is 0 Å². The van der Waals surface area contributed by atoms with Crippen molar-refractivity contribution in [1.82, 2.24) is 9.88 Å². The summed E-state index contributed by atoms with van der Waals surface area (Å²) in [5.74, 6) is 0.0453. The molecule has 0 bridgehead atoms. The number of carbonyl (C=O) groups excluding carboxylic acids is 1. The highest BCUT2D eigenvalue weighted by molar-refractivity contribution is 5.78. The monoisotopic (exact) mass is 222 g/mol. The minimum absolute atomic E-state index is 0.0127. The highest BCUT2D eigenvalue weighted by Gasteiger charge is 2.12. The zero-order valence-electron chi connectivity index (χ0n) is 9.59. The Morgan fingerprint density at radius 1 is 1.50 bits per heavy atom. The number of carbonyl (C=O) groups is 1. The van der Waals surface area contributed by atoms with Gasteiger partial charge in [-0.1, -0.05) is 13.0 Å². The van der Waals surface area contributed by atoms with Crippen LogP contribution in [-0.2, 0) is 11.2 Å². The number of hydrogen-bond donors (Lipinski definition) is 1. The molecule has 1 amide bonds. The molecule has 0 saturated carbocycles. The second-order valence-electron chi connectivity index (χ2n) is 3.64. The van der Waals surface area contributed by atoms with E-state index < -0.39 is 0 Å². The highest BCUT2D eigenvalue weighted by Crippen LogP contribution is 2.02. The third-order valence-electron chi connectivity index (χ3n) is 2.29. The number of pyridine rings is 1. The van der Waals surface area contributed by atoms with E-state index in [0.717, 1.165) is 12.0 Å². The first-order valence-electron chi connectivity index (χ1n) is 5.55. The Hall–Kier alpha value is -1.42. The Morgan fingerprint density at radius 3 is 2.88 bits per heavy atom. The molecule has 0 aliphatic heterocycles. The molecule has 0 aliphatic carbocycles. The summed E-state index contributed by atoms with van der Waals surface area (Å²) < 4.78 is 0. The quantitative estimate of drug-likeness (QED) is 0.776. The van der Waals surface area contributed by atoms with Gasteiger partial charge in [-0.2, -0.15) is 0 Å². The van der Waals surface area contributed by atoms with Crippen molar-refractivity contribution in [3.63, 3.8) is 0 Å². The fourth-order valence-corrected chi connectivity index (χ4v) is 1.54. The van der Waals surface area contributed by atoms with Gasteiger partial charge in [0, 0.05) is 25.5 Å². The maximum absolute atomic E-state index is 11.9. The van der Waals surface area contributed by atoms with Crippen LogP contribution in [0, 0.1) is 0 Å². The maximum Gasteiger partial charge on any atom is 0.227 e. The third kappa shape index (κ3) is 3.98. The van der Waals surface area contributed by atoms with Gasteiger partial charge in [0.15, 0.2) is 0 Å². The molecule has 0 spiro atoms. The summed E-state index contributed by atoms with van der Waals surface area (Å²) in [6, 6.07) is 3.70. The van der Waals surface area contributed by atoms with E-state index in [1.807, 2.05) is 19.1 Å². The van der Waals surface area contributed by atoms with E-state index in [9.17, 15) is 4.79 Å². The predicted octanol–water partition coefficient (Wildman–Crippen LogP) is 0.855. The summed E-state index contributed by atoms with van der Waals surface area (Å²) in [6.45, 7) is 3.13. The van der Waals surface area contributed by atoms with E-state index in [0.29, 0.717) is 19.5 Å². The van der Waals surface area contributed by atoms with E-state index >= 15 is 0 Å². The van der Waals surface area contributed by atoms with Gasteiger partial charge in [-0.3, -0.25) is 9.78 Å². The average Bonchev–Trinajstić information content (AvgIpc) is 2.30. The van der Waals surface area contributed by atoms with Crippen LogP contribution in [0.25, 0.3) is 0 Å². The third-order valence-corrected chi connectivity index (χ3v) is 2.29. The molecule has 4 heteroatoms. The van der Waals surface area contributed by atoms with Crippen molar-refractivity contribution < 1.29 is 9.90 Å². The summed E-state index contributed by atoms with van der Waals surface area (Å²) in [7, 11) is 0. The lowest BCUT2D eigenvalue weighted by Crippen LogP contribution is -2.35. The Labute approximate surface area is 95.9 Å². The zero-order chi connectivity index (χ0) is 11.8. The van der Waals surface area contributed by atoms with Gasteiger partial charge in [0.1, 0.15) is 0 Å². The molecule has 1 aromatic rings. The fourth-order valence-electron chi connectivity index (χ4n) is 1.54. The maximum atomic E-state index is 11.9. The van der Waals surface area contributed by atoms with Crippen LogP contribution in [0.1, 0.15) is 18.9 Å². The second kappa shape index (κ2) is 6.95. The molecule has 0 radical (unpaired) electrons. The van der Waals surface area contributed by atoms with E-state index in [4.69, 9.17) is 5.11 Å². The Kier molecular flexibility index (Phi) is 5.50. The molecular formula is C12H18N2O2. The van der Waals surface area contributed by atoms with Crippen LogP contribution in [0.2, 0.25) is 0 Å². The van der Waals surface area contributed by atoms with Crippen LogP contribution in [0.4, 0.5) is 0 Å². The number of amides is 1. The SMILES string of the molecule is CCCN(CCO)C(=O)Cc1cccnc1. The van der Waals surface area contributed by atoms with Crippen molar-refractivity contribution in [3.05, 3.63) is 30.1 Å².